The fraction of sp³-hybridized carbons (Fsp3) is 0.100. The molecule has 1 N–H and O–H groups in total. The molecule has 88 valence electrons. The van der Waals surface area contributed by atoms with E-state index in [0.29, 0.717) is 5.02 Å². The summed E-state index contributed by atoms with van der Waals surface area (Å²) in [7, 11) is 0. The first-order valence-electron chi connectivity index (χ1n) is 4.61. The van der Waals surface area contributed by atoms with Gasteiger partial charge in [0, 0.05) is 5.02 Å². The van der Waals surface area contributed by atoms with Crippen LogP contribution in [0.5, 0.6) is 0 Å². The second-order valence-corrected chi connectivity index (χ2v) is 3.82. The summed E-state index contributed by atoms with van der Waals surface area (Å²) in [5.41, 5.74) is -1.24. The van der Waals surface area contributed by atoms with Crippen LogP contribution in [0.1, 0.15) is 0 Å². The van der Waals surface area contributed by atoms with Crippen molar-refractivity contribution in [3.8, 4) is 0 Å². The average Bonchev–Trinajstić information content (AvgIpc) is 2.23. The van der Waals surface area contributed by atoms with Crippen LogP contribution in [0, 0.1) is 0 Å². The summed E-state index contributed by atoms with van der Waals surface area (Å²) >= 11 is 5.74. The van der Waals surface area contributed by atoms with Crippen LogP contribution in [0.25, 0.3) is 10.9 Å². The number of carboxylic acids is 1. The van der Waals surface area contributed by atoms with Gasteiger partial charge in [0.25, 0.3) is 5.56 Å². The van der Waals surface area contributed by atoms with Crippen molar-refractivity contribution < 1.29 is 9.90 Å². The Bertz CT molecular complexity index is 716. The molecule has 0 aliphatic carbocycles. The van der Waals surface area contributed by atoms with E-state index in [2.05, 4.69) is 0 Å². The van der Waals surface area contributed by atoms with Gasteiger partial charge >= 0.3 is 5.69 Å². The van der Waals surface area contributed by atoms with E-state index in [9.17, 15) is 19.5 Å². The second kappa shape index (κ2) is 4.06. The highest BCUT2D eigenvalue weighted by atomic mass is 35.5. The molecule has 0 aliphatic rings. The summed E-state index contributed by atoms with van der Waals surface area (Å²) in [5, 5.41) is 11.0. The fourth-order valence-corrected chi connectivity index (χ4v) is 1.71. The van der Waals surface area contributed by atoms with Crippen molar-refractivity contribution >= 4 is 28.5 Å². The highest BCUT2D eigenvalue weighted by Gasteiger charge is 2.07. The molecule has 0 fully saturated rings. The minimum atomic E-state index is -1.43. The highest BCUT2D eigenvalue weighted by molar-refractivity contribution is 6.31. The predicted octanol–water partition coefficient (Wildman–Crippen LogP) is -0.907. The van der Waals surface area contributed by atoms with Crippen LogP contribution >= 0.6 is 11.6 Å². The Balaban J connectivity index is 2.90. The van der Waals surface area contributed by atoms with Gasteiger partial charge in [-0.3, -0.25) is 14.3 Å². The Labute approximate surface area is 99.1 Å². The third-order valence-corrected chi connectivity index (χ3v) is 2.48. The molecule has 17 heavy (non-hydrogen) atoms. The molecule has 0 saturated carbocycles. The van der Waals surface area contributed by atoms with E-state index in [4.69, 9.17) is 11.6 Å². The van der Waals surface area contributed by atoms with Gasteiger partial charge < -0.3 is 9.90 Å². The number of rotatable bonds is 2. The van der Waals surface area contributed by atoms with Crippen molar-refractivity contribution in [2.45, 2.75) is 6.54 Å². The number of hydrogen-bond acceptors (Lipinski definition) is 4. The molecule has 2 aromatic rings. The number of aromatic nitrogens is 2. The van der Waals surface area contributed by atoms with Crippen molar-refractivity contribution in [2.24, 2.45) is 0 Å². The zero-order valence-electron chi connectivity index (χ0n) is 8.40. The number of aliphatic carboxylic acids is 1. The van der Waals surface area contributed by atoms with E-state index in [0.717, 1.165) is 4.57 Å². The Morgan fingerprint density at radius 2 is 2.12 bits per heavy atom. The first-order valence-corrected chi connectivity index (χ1v) is 4.99. The maximum atomic E-state index is 11.5. The average molecular weight is 254 g/mol. The molecule has 0 atom stereocenters. The molecule has 0 radical (unpaired) electrons. The number of nitrogens with one attached hydrogen (secondary N) is 1. The van der Waals surface area contributed by atoms with Crippen LogP contribution in [0.4, 0.5) is 0 Å². The standard InChI is InChI=1S/C10H7ClN2O4/c11-5-1-2-6-7(3-5)13(4-8(14)15)10(17)12-9(6)16/h1-3H,4H2,(H,14,15)(H,12,16,17)/p-1. The number of hydrogen-bond donors (Lipinski definition) is 1. The van der Waals surface area contributed by atoms with Crippen LogP contribution in [0.15, 0.2) is 27.8 Å². The number of nitrogens with zero attached hydrogens (tertiary/aromatic N) is 1. The monoisotopic (exact) mass is 253 g/mol. The molecule has 7 heteroatoms. The maximum Gasteiger partial charge on any atom is 0.329 e. The number of aromatic amines is 1. The molecule has 1 heterocycles. The summed E-state index contributed by atoms with van der Waals surface area (Å²) < 4.78 is 0.887. The van der Waals surface area contributed by atoms with Gasteiger partial charge in [0.15, 0.2) is 0 Å². The molecule has 0 amide bonds. The number of carboxylic acid groups (broad SMARTS) is 1. The number of fused-ring (bicyclic) bond motifs is 1. The van der Waals surface area contributed by atoms with Crippen molar-refractivity contribution in [2.75, 3.05) is 0 Å². The lowest BCUT2D eigenvalue weighted by molar-refractivity contribution is -0.306. The van der Waals surface area contributed by atoms with Gasteiger partial charge in [-0.2, -0.15) is 0 Å². The van der Waals surface area contributed by atoms with E-state index in [1.54, 1.807) is 0 Å². The van der Waals surface area contributed by atoms with Crippen LogP contribution in [-0.4, -0.2) is 15.5 Å². The van der Waals surface area contributed by atoms with Gasteiger partial charge in [-0.05, 0) is 18.2 Å². The summed E-state index contributed by atoms with van der Waals surface area (Å²) in [6.45, 7) is -0.646. The Morgan fingerprint density at radius 1 is 1.41 bits per heavy atom. The fourth-order valence-electron chi connectivity index (χ4n) is 1.55. The molecule has 0 bridgehead atoms. The Hall–Kier alpha value is -2.08. The second-order valence-electron chi connectivity index (χ2n) is 3.38. The smallest absolute Gasteiger partial charge is 0.329 e. The normalized spacial score (nSPS) is 10.6. The lowest BCUT2D eigenvalue weighted by Crippen LogP contribution is -2.36. The van der Waals surface area contributed by atoms with Crippen molar-refractivity contribution in [3.63, 3.8) is 0 Å². The van der Waals surface area contributed by atoms with Crippen LogP contribution in [0.2, 0.25) is 5.02 Å². The van der Waals surface area contributed by atoms with E-state index in [1.165, 1.54) is 18.2 Å². The third kappa shape index (κ3) is 2.07. The zero-order valence-corrected chi connectivity index (χ0v) is 9.15. The van der Waals surface area contributed by atoms with Gasteiger partial charge in [-0.25, -0.2) is 4.79 Å². The summed E-state index contributed by atoms with van der Waals surface area (Å²) in [4.78, 5) is 35.5. The molecule has 1 aromatic carbocycles. The molecule has 0 spiro atoms. The van der Waals surface area contributed by atoms with E-state index in [1.807, 2.05) is 4.98 Å². The molecular formula is C10H6ClN2O4-. The Kier molecular flexibility index (Phi) is 2.72. The van der Waals surface area contributed by atoms with E-state index < -0.39 is 23.8 Å². The predicted molar refractivity (Wildman–Crippen MR) is 58.8 cm³/mol. The number of carbonyl (C=O) groups is 1. The third-order valence-electron chi connectivity index (χ3n) is 2.25. The number of benzene rings is 1. The minimum Gasteiger partial charge on any atom is -0.548 e. The topological polar surface area (TPSA) is 95.0 Å². The van der Waals surface area contributed by atoms with Gasteiger partial charge in [0.1, 0.15) is 0 Å². The molecule has 6 nitrogen and oxygen atoms in total. The first kappa shape index (κ1) is 11.4. The maximum absolute atomic E-state index is 11.5. The lowest BCUT2D eigenvalue weighted by atomic mass is 10.2. The zero-order chi connectivity index (χ0) is 12.6. The van der Waals surface area contributed by atoms with Crippen LogP contribution < -0.4 is 16.4 Å². The Morgan fingerprint density at radius 3 is 2.76 bits per heavy atom. The van der Waals surface area contributed by atoms with E-state index in [-0.39, 0.29) is 10.9 Å². The largest absolute Gasteiger partial charge is 0.548 e. The van der Waals surface area contributed by atoms with Crippen molar-refractivity contribution in [1.29, 1.82) is 0 Å². The minimum absolute atomic E-state index is 0.162. The molecule has 1 aromatic heterocycles. The van der Waals surface area contributed by atoms with Gasteiger partial charge in [-0.15, -0.1) is 0 Å². The lowest BCUT2D eigenvalue weighted by Gasteiger charge is -2.09. The summed E-state index contributed by atoms with van der Waals surface area (Å²) in [5.74, 6) is -1.43. The van der Waals surface area contributed by atoms with Crippen LogP contribution in [-0.2, 0) is 11.3 Å². The highest BCUT2D eigenvalue weighted by Crippen LogP contribution is 2.14. The van der Waals surface area contributed by atoms with Gasteiger partial charge in [0.2, 0.25) is 0 Å². The molecule has 0 saturated heterocycles. The van der Waals surface area contributed by atoms with Crippen LogP contribution in [0.3, 0.4) is 0 Å². The van der Waals surface area contributed by atoms with E-state index >= 15 is 0 Å². The molecular weight excluding hydrogens is 248 g/mol. The summed E-state index contributed by atoms with van der Waals surface area (Å²) in [6.07, 6.45) is 0. The SMILES string of the molecule is O=C([O-])Cn1c(=O)[nH]c(=O)c2ccc(Cl)cc21. The van der Waals surface area contributed by atoms with Crippen molar-refractivity contribution in [3.05, 3.63) is 44.1 Å². The van der Waals surface area contributed by atoms with Gasteiger partial charge in [-0.1, -0.05) is 11.6 Å². The number of H-pyrrole nitrogens is 1. The number of carbonyl (C=O) groups excluding carboxylic acids is 1. The quantitative estimate of drug-likeness (QED) is 0.750. The first-order chi connectivity index (χ1) is 7.99. The van der Waals surface area contributed by atoms with Gasteiger partial charge in [0.05, 0.1) is 23.4 Å². The molecule has 0 aliphatic heterocycles. The molecule has 0 unspecified atom stereocenters. The van der Waals surface area contributed by atoms with Crippen molar-refractivity contribution in [1.82, 2.24) is 9.55 Å². The number of halogens is 1. The molecule has 2 rings (SSSR count). The summed E-state index contributed by atoms with van der Waals surface area (Å²) in [6, 6.07) is 4.26.